The van der Waals surface area contributed by atoms with Crippen LogP contribution in [0, 0.1) is 11.8 Å². The lowest BCUT2D eigenvalue weighted by molar-refractivity contribution is -0.131. The zero-order valence-corrected chi connectivity index (χ0v) is 15.2. The molecule has 1 spiro atoms. The van der Waals surface area contributed by atoms with Gasteiger partial charge in [0.2, 0.25) is 5.91 Å². The van der Waals surface area contributed by atoms with Crippen molar-refractivity contribution in [3.05, 3.63) is 35.4 Å². The highest BCUT2D eigenvalue weighted by atomic mass is 35.5. The molecular formula is C19H29ClN2O. The van der Waals surface area contributed by atoms with Crippen LogP contribution in [0.2, 0.25) is 0 Å². The highest BCUT2D eigenvalue weighted by molar-refractivity contribution is 5.85. The van der Waals surface area contributed by atoms with Gasteiger partial charge in [-0.3, -0.25) is 4.79 Å². The molecule has 3 unspecified atom stereocenters. The van der Waals surface area contributed by atoms with Gasteiger partial charge in [0.1, 0.15) is 0 Å². The molecule has 1 saturated carbocycles. The Kier molecular flexibility index (Phi) is 5.42. The molecule has 0 radical (unpaired) electrons. The normalized spacial score (nSPS) is 25.9. The van der Waals surface area contributed by atoms with Crippen molar-refractivity contribution in [3.63, 3.8) is 0 Å². The van der Waals surface area contributed by atoms with Gasteiger partial charge < -0.3 is 10.6 Å². The molecule has 2 aliphatic carbocycles. The SMILES string of the molecule is CC(C)C(N)CCN(C)C(=O)C1CC12CCc1ccccc12.Cl. The summed E-state index contributed by atoms with van der Waals surface area (Å²) < 4.78 is 0. The highest BCUT2D eigenvalue weighted by Gasteiger charge is 2.61. The summed E-state index contributed by atoms with van der Waals surface area (Å²) in [5, 5.41) is 0. The van der Waals surface area contributed by atoms with Gasteiger partial charge in [0.05, 0.1) is 0 Å². The van der Waals surface area contributed by atoms with E-state index in [2.05, 4.69) is 38.1 Å². The Morgan fingerprint density at radius 3 is 2.78 bits per heavy atom. The first-order chi connectivity index (χ1) is 10.5. The maximum absolute atomic E-state index is 12.7. The van der Waals surface area contributed by atoms with Gasteiger partial charge in [0.25, 0.3) is 0 Å². The summed E-state index contributed by atoms with van der Waals surface area (Å²) in [5.74, 6) is 0.974. The number of rotatable bonds is 5. The largest absolute Gasteiger partial charge is 0.345 e. The van der Waals surface area contributed by atoms with E-state index in [9.17, 15) is 4.79 Å². The zero-order valence-electron chi connectivity index (χ0n) is 14.4. The van der Waals surface area contributed by atoms with Crippen LogP contribution in [-0.4, -0.2) is 30.4 Å². The molecule has 3 nitrogen and oxygen atoms in total. The van der Waals surface area contributed by atoms with Crippen molar-refractivity contribution in [2.24, 2.45) is 17.6 Å². The topological polar surface area (TPSA) is 46.3 Å². The summed E-state index contributed by atoms with van der Waals surface area (Å²) in [4.78, 5) is 14.6. The number of carbonyl (C=O) groups is 1. The minimum absolute atomic E-state index is 0. The second kappa shape index (κ2) is 6.82. The molecule has 1 aromatic carbocycles. The fraction of sp³-hybridized carbons (Fsp3) is 0.632. The van der Waals surface area contributed by atoms with E-state index in [1.54, 1.807) is 0 Å². The van der Waals surface area contributed by atoms with Crippen molar-refractivity contribution in [2.75, 3.05) is 13.6 Å². The van der Waals surface area contributed by atoms with Crippen molar-refractivity contribution in [1.29, 1.82) is 0 Å². The lowest BCUT2D eigenvalue weighted by atomic mass is 9.95. The van der Waals surface area contributed by atoms with Gasteiger partial charge in [-0.15, -0.1) is 12.4 Å². The van der Waals surface area contributed by atoms with Gasteiger partial charge >= 0.3 is 0 Å². The molecule has 1 aromatic rings. The third-order valence-corrected chi connectivity index (χ3v) is 5.80. The Bertz CT molecular complexity index is 574. The number of nitrogens with zero attached hydrogens (tertiary/aromatic N) is 1. The Morgan fingerprint density at radius 2 is 2.09 bits per heavy atom. The Labute approximate surface area is 146 Å². The van der Waals surface area contributed by atoms with Crippen LogP contribution in [0.15, 0.2) is 24.3 Å². The van der Waals surface area contributed by atoms with Crippen molar-refractivity contribution in [3.8, 4) is 0 Å². The van der Waals surface area contributed by atoms with Gasteiger partial charge in [-0.2, -0.15) is 0 Å². The average molecular weight is 337 g/mol. The van der Waals surface area contributed by atoms with Crippen LogP contribution in [0.25, 0.3) is 0 Å². The van der Waals surface area contributed by atoms with E-state index in [0.29, 0.717) is 11.8 Å². The van der Waals surface area contributed by atoms with Crippen LogP contribution in [0.4, 0.5) is 0 Å². The first kappa shape index (κ1) is 18.3. The van der Waals surface area contributed by atoms with Crippen LogP contribution in [0.5, 0.6) is 0 Å². The number of nitrogens with two attached hydrogens (primary N) is 1. The summed E-state index contributed by atoms with van der Waals surface area (Å²) in [7, 11) is 1.93. The van der Waals surface area contributed by atoms with Gasteiger partial charge in [0, 0.05) is 31.0 Å². The number of halogens is 1. The molecule has 1 amide bonds. The van der Waals surface area contributed by atoms with E-state index in [4.69, 9.17) is 5.73 Å². The zero-order chi connectivity index (χ0) is 15.9. The molecule has 23 heavy (non-hydrogen) atoms. The fourth-order valence-corrected chi connectivity index (χ4v) is 3.97. The number of fused-ring (bicyclic) bond motifs is 2. The molecule has 0 aromatic heterocycles. The summed E-state index contributed by atoms with van der Waals surface area (Å²) in [5.41, 5.74) is 9.13. The molecule has 0 saturated heterocycles. The molecule has 3 rings (SSSR count). The van der Waals surface area contributed by atoms with Crippen LogP contribution in [0.1, 0.15) is 44.2 Å². The van der Waals surface area contributed by atoms with Crippen LogP contribution < -0.4 is 5.73 Å². The molecule has 0 bridgehead atoms. The van der Waals surface area contributed by atoms with Crippen molar-refractivity contribution in [2.45, 2.75) is 51.0 Å². The predicted molar refractivity (Wildman–Crippen MR) is 96.9 cm³/mol. The first-order valence-corrected chi connectivity index (χ1v) is 8.54. The van der Waals surface area contributed by atoms with Gasteiger partial charge in [-0.1, -0.05) is 38.1 Å². The van der Waals surface area contributed by atoms with E-state index in [1.807, 2.05) is 11.9 Å². The van der Waals surface area contributed by atoms with Gasteiger partial charge in [0.15, 0.2) is 0 Å². The van der Waals surface area contributed by atoms with Gasteiger partial charge in [-0.25, -0.2) is 0 Å². The Balaban J connectivity index is 0.00000192. The average Bonchev–Trinajstić information content (AvgIpc) is 3.13. The molecule has 0 aliphatic heterocycles. The minimum Gasteiger partial charge on any atom is -0.345 e. The monoisotopic (exact) mass is 336 g/mol. The standard InChI is InChI=1S/C19H28N2O.ClH/c1-13(2)17(20)9-11-21(3)18(22)16-12-19(16)10-8-14-6-4-5-7-15(14)19;/h4-7,13,16-17H,8-12,20H2,1-3H3;1H. The quantitative estimate of drug-likeness (QED) is 0.897. The Hall–Kier alpha value is -1.06. The second-order valence-electron chi connectivity index (χ2n) is 7.53. The van der Waals surface area contributed by atoms with Gasteiger partial charge in [-0.05, 0) is 42.7 Å². The van der Waals surface area contributed by atoms with E-state index in [0.717, 1.165) is 32.2 Å². The van der Waals surface area contributed by atoms with Crippen molar-refractivity contribution >= 4 is 18.3 Å². The number of benzene rings is 1. The lowest BCUT2D eigenvalue weighted by Crippen LogP contribution is -2.36. The van der Waals surface area contributed by atoms with E-state index in [1.165, 1.54) is 11.1 Å². The van der Waals surface area contributed by atoms with E-state index < -0.39 is 0 Å². The number of hydrogen-bond acceptors (Lipinski definition) is 2. The minimum atomic E-state index is 0. The summed E-state index contributed by atoms with van der Waals surface area (Å²) in [6.07, 6.45) is 4.18. The summed E-state index contributed by atoms with van der Waals surface area (Å²) in [6.45, 7) is 5.04. The first-order valence-electron chi connectivity index (χ1n) is 8.54. The smallest absolute Gasteiger partial charge is 0.226 e. The molecule has 4 heteroatoms. The van der Waals surface area contributed by atoms with E-state index in [-0.39, 0.29) is 29.8 Å². The van der Waals surface area contributed by atoms with E-state index >= 15 is 0 Å². The third-order valence-electron chi connectivity index (χ3n) is 5.80. The molecule has 2 aliphatic rings. The third kappa shape index (κ3) is 3.27. The fourth-order valence-electron chi connectivity index (χ4n) is 3.97. The van der Waals surface area contributed by atoms with Crippen molar-refractivity contribution in [1.82, 2.24) is 4.90 Å². The highest BCUT2D eigenvalue weighted by Crippen LogP contribution is 2.61. The maximum Gasteiger partial charge on any atom is 0.226 e. The Morgan fingerprint density at radius 1 is 1.39 bits per heavy atom. The number of hydrogen-bond donors (Lipinski definition) is 1. The molecule has 3 atom stereocenters. The molecule has 1 fully saturated rings. The molecule has 128 valence electrons. The second-order valence-corrected chi connectivity index (χ2v) is 7.53. The van der Waals surface area contributed by atoms with Crippen LogP contribution in [0.3, 0.4) is 0 Å². The van der Waals surface area contributed by atoms with Crippen LogP contribution in [-0.2, 0) is 16.6 Å². The number of carbonyl (C=O) groups excluding carboxylic acids is 1. The number of amides is 1. The maximum atomic E-state index is 12.7. The molecule has 0 heterocycles. The van der Waals surface area contributed by atoms with Crippen LogP contribution >= 0.6 is 12.4 Å². The molecule has 2 N–H and O–H groups in total. The number of aryl methyl sites for hydroxylation is 1. The predicted octanol–water partition coefficient (Wildman–Crippen LogP) is 3.14. The molecular weight excluding hydrogens is 308 g/mol. The lowest BCUT2D eigenvalue weighted by Gasteiger charge is -2.22. The summed E-state index contributed by atoms with van der Waals surface area (Å²) >= 11 is 0. The van der Waals surface area contributed by atoms with Crippen molar-refractivity contribution < 1.29 is 4.79 Å². The summed E-state index contributed by atoms with van der Waals surface area (Å²) in [6, 6.07) is 8.84.